The number of carbonyl (C=O) groups is 3. The standard InChI is InChI=1S/C20H17BrN2O6/c1-2-28-16-9-12(8-15-18(24)23-20(27)22-15)7-14(21)17(16)29-10-11-4-3-5-13(6-11)19(25)26/h3-9H,2,10H2,1H3,(H,25,26)(H2,22,23,24,27)/b15-8-. The van der Waals surface area contributed by atoms with Crippen LogP contribution in [0.1, 0.15) is 28.4 Å². The van der Waals surface area contributed by atoms with Gasteiger partial charge < -0.3 is 19.9 Å². The Hall–Kier alpha value is -3.33. The van der Waals surface area contributed by atoms with Gasteiger partial charge >= 0.3 is 12.0 Å². The third kappa shape index (κ3) is 4.94. The van der Waals surface area contributed by atoms with E-state index < -0.39 is 17.9 Å². The highest BCUT2D eigenvalue weighted by Gasteiger charge is 2.23. The third-order valence-corrected chi connectivity index (χ3v) is 4.51. The second-order valence-electron chi connectivity index (χ2n) is 6.02. The van der Waals surface area contributed by atoms with Gasteiger partial charge in [-0.3, -0.25) is 10.1 Å². The molecule has 0 unspecified atom stereocenters. The average molecular weight is 461 g/mol. The maximum Gasteiger partial charge on any atom is 0.335 e. The smallest absolute Gasteiger partial charge is 0.335 e. The van der Waals surface area contributed by atoms with Crippen molar-refractivity contribution in [3.05, 3.63) is 63.3 Å². The number of ether oxygens (including phenoxy) is 2. The molecule has 8 nitrogen and oxygen atoms in total. The van der Waals surface area contributed by atoms with Crippen LogP contribution >= 0.6 is 15.9 Å². The van der Waals surface area contributed by atoms with E-state index in [0.717, 1.165) is 0 Å². The lowest BCUT2D eigenvalue weighted by Crippen LogP contribution is -2.22. The van der Waals surface area contributed by atoms with E-state index in [-0.39, 0.29) is 17.9 Å². The number of halogens is 1. The van der Waals surface area contributed by atoms with Crippen molar-refractivity contribution in [2.24, 2.45) is 0 Å². The quantitative estimate of drug-likeness (QED) is 0.431. The van der Waals surface area contributed by atoms with Crippen LogP contribution in [-0.2, 0) is 11.4 Å². The van der Waals surface area contributed by atoms with Crippen molar-refractivity contribution in [1.29, 1.82) is 0 Å². The van der Waals surface area contributed by atoms with Gasteiger partial charge in [-0.15, -0.1) is 0 Å². The van der Waals surface area contributed by atoms with E-state index in [1.54, 1.807) is 24.3 Å². The van der Waals surface area contributed by atoms with Crippen molar-refractivity contribution >= 4 is 39.9 Å². The number of carboxylic acids is 1. The molecule has 0 radical (unpaired) electrons. The minimum Gasteiger partial charge on any atom is -0.490 e. The molecule has 0 atom stereocenters. The highest BCUT2D eigenvalue weighted by atomic mass is 79.9. The number of rotatable bonds is 7. The molecule has 0 aromatic heterocycles. The van der Waals surface area contributed by atoms with Crippen molar-refractivity contribution < 1.29 is 29.0 Å². The van der Waals surface area contributed by atoms with Gasteiger partial charge in [0.05, 0.1) is 16.6 Å². The van der Waals surface area contributed by atoms with E-state index in [4.69, 9.17) is 14.6 Å². The molecule has 9 heteroatoms. The lowest BCUT2D eigenvalue weighted by atomic mass is 10.1. The Morgan fingerprint density at radius 2 is 1.97 bits per heavy atom. The fourth-order valence-electron chi connectivity index (χ4n) is 2.67. The number of nitrogens with one attached hydrogen (secondary N) is 2. The molecule has 1 fully saturated rings. The van der Waals surface area contributed by atoms with Crippen molar-refractivity contribution in [2.45, 2.75) is 13.5 Å². The van der Waals surface area contributed by atoms with Gasteiger partial charge in [-0.2, -0.15) is 0 Å². The average Bonchev–Trinajstić information content (AvgIpc) is 2.98. The number of hydrogen-bond acceptors (Lipinski definition) is 5. The van der Waals surface area contributed by atoms with Crippen LogP contribution < -0.4 is 20.1 Å². The summed E-state index contributed by atoms with van der Waals surface area (Å²) in [5.41, 5.74) is 1.61. The molecule has 29 heavy (non-hydrogen) atoms. The van der Waals surface area contributed by atoms with Crippen LogP contribution in [0.4, 0.5) is 4.79 Å². The highest BCUT2D eigenvalue weighted by Crippen LogP contribution is 2.38. The molecule has 150 valence electrons. The van der Waals surface area contributed by atoms with E-state index >= 15 is 0 Å². The first kappa shape index (κ1) is 20.4. The summed E-state index contributed by atoms with van der Waals surface area (Å²) >= 11 is 3.44. The lowest BCUT2D eigenvalue weighted by Gasteiger charge is -2.15. The zero-order valence-electron chi connectivity index (χ0n) is 15.3. The fraction of sp³-hybridized carbons (Fsp3) is 0.150. The van der Waals surface area contributed by atoms with Crippen LogP contribution in [0.2, 0.25) is 0 Å². The topological polar surface area (TPSA) is 114 Å². The minimum atomic E-state index is -1.01. The number of carboxylic acid groups (broad SMARTS) is 1. The first-order valence-corrected chi connectivity index (χ1v) is 9.42. The van der Waals surface area contributed by atoms with Crippen molar-refractivity contribution in [2.75, 3.05) is 6.61 Å². The maximum absolute atomic E-state index is 11.7. The number of urea groups is 1. The Morgan fingerprint density at radius 1 is 1.17 bits per heavy atom. The van der Waals surface area contributed by atoms with Crippen LogP contribution in [0.15, 0.2) is 46.6 Å². The second-order valence-corrected chi connectivity index (χ2v) is 6.88. The molecular formula is C20H17BrN2O6. The molecule has 1 saturated heterocycles. The van der Waals surface area contributed by atoms with Crippen LogP contribution in [0, 0.1) is 0 Å². The molecule has 0 bridgehead atoms. The highest BCUT2D eigenvalue weighted by molar-refractivity contribution is 9.10. The SMILES string of the molecule is CCOc1cc(/C=C2\NC(=O)NC2=O)cc(Br)c1OCc1cccc(C(=O)O)c1. The number of benzene rings is 2. The summed E-state index contributed by atoms with van der Waals surface area (Å²) in [5, 5.41) is 13.7. The van der Waals surface area contributed by atoms with Gasteiger partial charge in [0.15, 0.2) is 11.5 Å². The Bertz CT molecular complexity index is 1020. The molecule has 1 aliphatic heterocycles. The Labute approximate surface area is 174 Å². The first-order chi connectivity index (χ1) is 13.9. The zero-order valence-corrected chi connectivity index (χ0v) is 16.9. The fourth-order valence-corrected chi connectivity index (χ4v) is 3.25. The molecule has 3 N–H and O–H groups in total. The molecular weight excluding hydrogens is 444 g/mol. The summed E-state index contributed by atoms with van der Waals surface area (Å²) in [6, 6.07) is 9.29. The molecule has 0 spiro atoms. The number of amides is 3. The van der Waals surface area contributed by atoms with Gasteiger partial charge in [-0.1, -0.05) is 12.1 Å². The minimum absolute atomic E-state index is 0.128. The summed E-state index contributed by atoms with van der Waals surface area (Å²) in [6.07, 6.45) is 1.52. The molecule has 1 heterocycles. The largest absolute Gasteiger partial charge is 0.490 e. The summed E-state index contributed by atoms with van der Waals surface area (Å²) in [7, 11) is 0. The number of hydrogen-bond donors (Lipinski definition) is 3. The van der Waals surface area contributed by atoms with E-state index in [0.29, 0.717) is 33.7 Å². The molecule has 3 rings (SSSR count). The van der Waals surface area contributed by atoms with Crippen LogP contribution in [-0.4, -0.2) is 29.6 Å². The van der Waals surface area contributed by atoms with Crippen LogP contribution in [0.3, 0.4) is 0 Å². The summed E-state index contributed by atoms with van der Waals surface area (Å²) in [4.78, 5) is 34.1. The Morgan fingerprint density at radius 3 is 2.62 bits per heavy atom. The van der Waals surface area contributed by atoms with Crippen LogP contribution in [0.25, 0.3) is 6.08 Å². The molecule has 0 aliphatic carbocycles. The molecule has 2 aromatic carbocycles. The molecule has 3 amide bonds. The summed E-state index contributed by atoms with van der Waals surface area (Å²) in [6.45, 7) is 2.34. The number of carbonyl (C=O) groups excluding carboxylic acids is 2. The normalized spacial score (nSPS) is 14.5. The summed E-state index contributed by atoms with van der Waals surface area (Å²) in [5.74, 6) is -0.645. The zero-order chi connectivity index (χ0) is 21.0. The van der Waals surface area contributed by atoms with E-state index in [1.807, 2.05) is 6.92 Å². The predicted molar refractivity (Wildman–Crippen MR) is 108 cm³/mol. The number of aromatic carboxylic acids is 1. The first-order valence-electron chi connectivity index (χ1n) is 8.62. The van der Waals surface area contributed by atoms with Gasteiger partial charge in [0.2, 0.25) is 0 Å². The van der Waals surface area contributed by atoms with E-state index in [2.05, 4.69) is 26.6 Å². The lowest BCUT2D eigenvalue weighted by molar-refractivity contribution is -0.115. The van der Waals surface area contributed by atoms with Gasteiger partial charge in [0, 0.05) is 0 Å². The molecule has 1 aliphatic rings. The van der Waals surface area contributed by atoms with Gasteiger partial charge in [0.25, 0.3) is 5.91 Å². The van der Waals surface area contributed by atoms with Gasteiger partial charge in [-0.25, -0.2) is 9.59 Å². The van der Waals surface area contributed by atoms with E-state index in [1.165, 1.54) is 18.2 Å². The Balaban J connectivity index is 1.86. The monoisotopic (exact) mass is 460 g/mol. The predicted octanol–water partition coefficient (Wildman–Crippen LogP) is 3.31. The second kappa shape index (κ2) is 8.78. The maximum atomic E-state index is 11.7. The van der Waals surface area contributed by atoms with Gasteiger partial charge in [-0.05, 0) is 64.3 Å². The molecule has 2 aromatic rings. The van der Waals surface area contributed by atoms with Gasteiger partial charge in [0.1, 0.15) is 12.3 Å². The molecule has 0 saturated carbocycles. The summed E-state index contributed by atoms with van der Waals surface area (Å²) < 4.78 is 12.1. The van der Waals surface area contributed by atoms with Crippen molar-refractivity contribution in [1.82, 2.24) is 10.6 Å². The number of imide groups is 1. The van der Waals surface area contributed by atoms with Crippen LogP contribution in [0.5, 0.6) is 11.5 Å². The van der Waals surface area contributed by atoms with E-state index in [9.17, 15) is 14.4 Å². The Kier molecular flexibility index (Phi) is 6.18. The van der Waals surface area contributed by atoms with Crippen molar-refractivity contribution in [3.63, 3.8) is 0 Å². The third-order valence-electron chi connectivity index (χ3n) is 3.92. The van der Waals surface area contributed by atoms with Crippen molar-refractivity contribution in [3.8, 4) is 11.5 Å².